The zero-order chi connectivity index (χ0) is 24.3. The fourth-order valence-electron chi connectivity index (χ4n) is 3.28. The van der Waals surface area contributed by atoms with E-state index in [9.17, 15) is 15.0 Å². The van der Waals surface area contributed by atoms with Crippen molar-refractivity contribution in [3.8, 4) is 11.5 Å². The van der Waals surface area contributed by atoms with Crippen molar-refractivity contribution in [3.63, 3.8) is 0 Å². The summed E-state index contributed by atoms with van der Waals surface area (Å²) in [6.45, 7) is 16.9. The van der Waals surface area contributed by atoms with E-state index in [1.165, 1.54) is 25.0 Å². The number of nitrogens with one attached hydrogen (secondary N) is 2. The van der Waals surface area contributed by atoms with Crippen molar-refractivity contribution in [2.24, 2.45) is 0 Å². The molecular weight excluding hydrogens is 402 g/mol. The Balaban J connectivity index is 0.000000769. The number of phenols is 2. The highest BCUT2D eigenvalue weighted by molar-refractivity contribution is 6.24. The van der Waals surface area contributed by atoms with Gasteiger partial charge in [0.05, 0.1) is 11.1 Å². The average Bonchev–Trinajstić information content (AvgIpc) is 2.75. The van der Waals surface area contributed by atoms with Gasteiger partial charge < -0.3 is 26.6 Å². The smallest absolute Gasteiger partial charge is 0.200 e. The second-order valence-electron chi connectivity index (χ2n) is 7.70. The van der Waals surface area contributed by atoms with E-state index in [1.807, 2.05) is 0 Å². The molecule has 3 rings (SSSR count). The lowest BCUT2D eigenvalue weighted by molar-refractivity contribution is 0.103. The summed E-state index contributed by atoms with van der Waals surface area (Å²) in [6.07, 6.45) is 3.55. The van der Waals surface area contributed by atoms with Gasteiger partial charge >= 0.3 is 0 Å². The van der Waals surface area contributed by atoms with Crippen LogP contribution in [0.3, 0.4) is 0 Å². The molecule has 0 saturated heterocycles. The highest BCUT2D eigenvalue weighted by Gasteiger charge is 2.34. The molecule has 1 aliphatic rings. The molecular formula is C26H39N3O3. The second kappa shape index (κ2) is 13.4. The van der Waals surface area contributed by atoms with Gasteiger partial charge in [-0.3, -0.25) is 4.79 Å². The number of nitrogen functional groups attached to an aromatic ring is 1. The fourth-order valence-corrected chi connectivity index (χ4v) is 3.28. The predicted octanol–water partition coefficient (Wildman–Crippen LogP) is 5.53. The van der Waals surface area contributed by atoms with E-state index in [0.29, 0.717) is 34.6 Å². The van der Waals surface area contributed by atoms with Crippen LogP contribution in [0, 0.1) is 0 Å². The number of carbonyl (C=O) groups excluding carboxylic acids is 1. The van der Waals surface area contributed by atoms with Crippen molar-refractivity contribution in [1.29, 1.82) is 0 Å². The molecule has 0 bridgehead atoms. The van der Waals surface area contributed by atoms with Crippen LogP contribution in [0.15, 0.2) is 30.8 Å². The lowest BCUT2D eigenvalue weighted by Crippen LogP contribution is -2.24. The van der Waals surface area contributed by atoms with Gasteiger partial charge in [0.1, 0.15) is 11.5 Å². The van der Waals surface area contributed by atoms with Gasteiger partial charge in [-0.2, -0.15) is 0 Å². The van der Waals surface area contributed by atoms with Crippen LogP contribution in [0.25, 0.3) is 5.57 Å². The number of carbonyl (C=O) groups is 1. The lowest BCUT2D eigenvalue weighted by atomic mass is 9.79. The maximum atomic E-state index is 13.1. The molecule has 0 radical (unpaired) electrons. The van der Waals surface area contributed by atoms with Crippen molar-refractivity contribution in [3.05, 3.63) is 53.1 Å². The molecule has 0 heterocycles. The third kappa shape index (κ3) is 6.26. The first-order valence-corrected chi connectivity index (χ1v) is 11.5. The Hall–Kier alpha value is -2.99. The van der Waals surface area contributed by atoms with Gasteiger partial charge in [-0.1, -0.05) is 54.0 Å². The molecule has 6 N–H and O–H groups in total. The SMILES string of the molecule is C=C1c2c(N)ccc(NCCNCCC)c2C(=O)c2c(O)ccc(O)c21.CCC.CCC. The van der Waals surface area contributed by atoms with Crippen molar-refractivity contribution < 1.29 is 15.0 Å². The van der Waals surface area contributed by atoms with Gasteiger partial charge in [0, 0.05) is 35.6 Å². The molecule has 6 heteroatoms. The number of benzene rings is 2. The Bertz CT molecular complexity index is 921. The number of ketones is 1. The van der Waals surface area contributed by atoms with Crippen LogP contribution >= 0.6 is 0 Å². The summed E-state index contributed by atoms with van der Waals surface area (Å²) in [5, 5.41) is 26.9. The van der Waals surface area contributed by atoms with E-state index < -0.39 is 0 Å². The second-order valence-corrected chi connectivity index (χ2v) is 7.70. The third-order valence-electron chi connectivity index (χ3n) is 4.50. The number of hydrogen-bond acceptors (Lipinski definition) is 6. The van der Waals surface area contributed by atoms with Crippen molar-refractivity contribution in [2.45, 2.75) is 53.9 Å². The van der Waals surface area contributed by atoms with Gasteiger partial charge in [0.25, 0.3) is 0 Å². The van der Waals surface area contributed by atoms with Gasteiger partial charge in [-0.25, -0.2) is 0 Å². The Kier molecular flexibility index (Phi) is 11.3. The van der Waals surface area contributed by atoms with Crippen LogP contribution in [0.1, 0.15) is 80.9 Å². The van der Waals surface area contributed by atoms with E-state index in [2.05, 4.69) is 51.8 Å². The molecule has 0 amide bonds. The quantitative estimate of drug-likeness (QED) is 0.196. The highest BCUT2D eigenvalue weighted by Crippen LogP contribution is 2.46. The number of phenolic OH excluding ortho intramolecular Hbond substituents is 2. The van der Waals surface area contributed by atoms with Crippen LogP contribution < -0.4 is 16.4 Å². The maximum Gasteiger partial charge on any atom is 0.200 e. The molecule has 0 spiro atoms. The molecule has 0 aromatic heterocycles. The third-order valence-corrected chi connectivity index (χ3v) is 4.50. The van der Waals surface area contributed by atoms with E-state index >= 15 is 0 Å². The Morgan fingerprint density at radius 3 is 1.94 bits per heavy atom. The summed E-state index contributed by atoms with van der Waals surface area (Å²) in [7, 11) is 0. The summed E-state index contributed by atoms with van der Waals surface area (Å²) in [4.78, 5) is 13.1. The topological polar surface area (TPSA) is 108 Å². The molecule has 2 aromatic rings. The first-order valence-electron chi connectivity index (χ1n) is 11.5. The predicted molar refractivity (Wildman–Crippen MR) is 136 cm³/mol. The van der Waals surface area contributed by atoms with Crippen molar-refractivity contribution >= 4 is 22.7 Å². The van der Waals surface area contributed by atoms with Gasteiger partial charge in [0.15, 0.2) is 5.78 Å². The molecule has 6 nitrogen and oxygen atoms in total. The molecule has 1 aliphatic carbocycles. The van der Waals surface area contributed by atoms with Crippen molar-refractivity contribution in [1.82, 2.24) is 5.32 Å². The van der Waals surface area contributed by atoms with Gasteiger partial charge in [0.2, 0.25) is 0 Å². The van der Waals surface area contributed by atoms with Crippen LogP contribution in [-0.4, -0.2) is 35.6 Å². The molecule has 2 aromatic carbocycles. The number of aromatic hydroxyl groups is 2. The first-order chi connectivity index (χ1) is 15.3. The normalized spacial score (nSPS) is 11.4. The Morgan fingerprint density at radius 2 is 1.38 bits per heavy atom. The molecule has 0 unspecified atom stereocenters. The van der Waals surface area contributed by atoms with E-state index in [1.54, 1.807) is 12.1 Å². The number of fused-ring (bicyclic) bond motifs is 2. The number of nitrogens with two attached hydrogens (primary N) is 1. The summed E-state index contributed by atoms with van der Waals surface area (Å²) < 4.78 is 0. The minimum absolute atomic E-state index is 0.0558. The fraction of sp³-hybridized carbons (Fsp3) is 0.423. The number of hydrogen-bond donors (Lipinski definition) is 5. The van der Waals surface area contributed by atoms with Gasteiger partial charge in [-0.15, -0.1) is 0 Å². The molecule has 32 heavy (non-hydrogen) atoms. The summed E-state index contributed by atoms with van der Waals surface area (Å²) >= 11 is 0. The summed E-state index contributed by atoms with van der Waals surface area (Å²) in [5.41, 5.74) is 8.72. The van der Waals surface area contributed by atoms with Crippen LogP contribution in [0.2, 0.25) is 0 Å². The number of anilines is 2. The van der Waals surface area contributed by atoms with E-state index in [4.69, 9.17) is 5.73 Å². The van der Waals surface area contributed by atoms with E-state index in [-0.39, 0.29) is 28.4 Å². The minimum Gasteiger partial charge on any atom is -0.507 e. The zero-order valence-corrected chi connectivity index (χ0v) is 20.1. The van der Waals surface area contributed by atoms with Gasteiger partial charge in [-0.05, 0) is 42.8 Å². The Labute approximate surface area is 192 Å². The lowest BCUT2D eigenvalue weighted by Gasteiger charge is -2.26. The summed E-state index contributed by atoms with van der Waals surface area (Å²) in [5.74, 6) is -0.678. The van der Waals surface area contributed by atoms with Crippen molar-refractivity contribution in [2.75, 3.05) is 30.7 Å². The minimum atomic E-state index is -0.382. The monoisotopic (exact) mass is 441 g/mol. The highest BCUT2D eigenvalue weighted by atomic mass is 16.3. The van der Waals surface area contributed by atoms with Crippen LogP contribution in [0.5, 0.6) is 11.5 Å². The first kappa shape index (κ1) is 27.0. The zero-order valence-electron chi connectivity index (χ0n) is 20.1. The maximum absolute atomic E-state index is 13.1. The summed E-state index contributed by atoms with van der Waals surface area (Å²) in [6, 6.07) is 6.11. The van der Waals surface area contributed by atoms with Crippen LogP contribution in [-0.2, 0) is 0 Å². The van der Waals surface area contributed by atoms with Crippen LogP contribution in [0.4, 0.5) is 11.4 Å². The average molecular weight is 442 g/mol. The molecule has 0 atom stereocenters. The molecule has 0 aliphatic heterocycles. The molecule has 176 valence electrons. The largest absolute Gasteiger partial charge is 0.507 e. The van der Waals surface area contributed by atoms with E-state index in [0.717, 1.165) is 19.5 Å². The standard InChI is InChI=1S/C20H23N3O3.2C3H8/c1-3-8-22-9-10-23-13-5-4-12(21)16-11(2)17-14(24)6-7-15(25)19(17)20(26)18(13)16;2*1-3-2/h4-7,22-25H,2-3,8-10,21H2,1H3;2*3H2,1-2H3. The molecule has 0 saturated carbocycles. The molecule has 0 fully saturated rings. The number of rotatable bonds is 6. The Morgan fingerprint density at radius 1 is 0.812 bits per heavy atom.